The molecule has 17 heavy (non-hydrogen) atoms. The summed E-state index contributed by atoms with van der Waals surface area (Å²) in [5.74, 6) is -0.518. The largest absolute Gasteiger partial charge is 0.477 e. The zero-order valence-electron chi connectivity index (χ0n) is 9.49. The Bertz CT molecular complexity index is 457. The molecule has 90 valence electrons. The number of fused-ring (bicyclic) bond motifs is 1. The highest BCUT2D eigenvalue weighted by molar-refractivity contribution is 6.37. The van der Waals surface area contributed by atoms with Gasteiger partial charge in [-0.2, -0.15) is 0 Å². The lowest BCUT2D eigenvalue weighted by Gasteiger charge is -1.93. The monoisotopic (exact) mass is 236 g/mol. The topological polar surface area (TPSA) is 95.8 Å². The Labute approximate surface area is 97.8 Å². The van der Waals surface area contributed by atoms with Crippen LogP contribution in [0.1, 0.15) is 5.56 Å². The van der Waals surface area contributed by atoms with Crippen molar-refractivity contribution in [2.45, 2.75) is 6.42 Å². The summed E-state index contributed by atoms with van der Waals surface area (Å²) in [5.41, 5.74) is 0.903. The molecule has 1 aromatic heterocycles. The number of carbonyl (C=O) groups excluding carboxylic acids is 1. The standard InChI is InChI=1S/C7H5N3O2.C3H7NO/c11-7(12)5-1-4-2-8-3-9-6(4)10-5;1-4(2)3-5/h2-3H,1H2,(H,11,12);3H,1-2H3. The Morgan fingerprint density at radius 2 is 2.18 bits per heavy atom. The van der Waals surface area contributed by atoms with Gasteiger partial charge in [-0.3, -0.25) is 4.79 Å². The van der Waals surface area contributed by atoms with Crippen molar-refractivity contribution < 1.29 is 14.7 Å². The smallest absolute Gasteiger partial charge is 0.350 e. The first-order valence-electron chi connectivity index (χ1n) is 4.76. The third kappa shape index (κ3) is 3.63. The van der Waals surface area contributed by atoms with Crippen molar-refractivity contribution in [3.8, 4) is 0 Å². The molecule has 1 aromatic rings. The molecule has 0 radical (unpaired) electrons. The number of hydrogen-bond donors (Lipinski definition) is 1. The molecule has 0 aliphatic carbocycles. The van der Waals surface area contributed by atoms with E-state index >= 15 is 0 Å². The van der Waals surface area contributed by atoms with E-state index in [2.05, 4.69) is 15.0 Å². The van der Waals surface area contributed by atoms with Gasteiger partial charge < -0.3 is 10.0 Å². The minimum atomic E-state index is -0.993. The molecule has 0 bridgehead atoms. The van der Waals surface area contributed by atoms with Gasteiger partial charge in [0.1, 0.15) is 12.0 Å². The molecule has 7 heteroatoms. The van der Waals surface area contributed by atoms with Crippen molar-refractivity contribution in [3.05, 3.63) is 18.1 Å². The molecule has 1 aliphatic heterocycles. The number of aliphatic imine (C=N–C) groups is 1. The van der Waals surface area contributed by atoms with E-state index in [1.54, 1.807) is 20.3 Å². The normalized spacial score (nSPS) is 11.8. The highest BCUT2D eigenvalue weighted by atomic mass is 16.4. The van der Waals surface area contributed by atoms with Crippen molar-refractivity contribution in [1.29, 1.82) is 0 Å². The molecule has 0 saturated carbocycles. The van der Waals surface area contributed by atoms with Crippen LogP contribution in [0.15, 0.2) is 17.5 Å². The second-order valence-corrected chi connectivity index (χ2v) is 3.48. The second kappa shape index (κ2) is 5.69. The Balaban J connectivity index is 0.000000249. The van der Waals surface area contributed by atoms with Crippen LogP contribution >= 0.6 is 0 Å². The Kier molecular flexibility index (Phi) is 4.27. The van der Waals surface area contributed by atoms with Crippen LogP contribution in [0.25, 0.3) is 0 Å². The van der Waals surface area contributed by atoms with Gasteiger partial charge in [0.25, 0.3) is 0 Å². The first kappa shape index (κ1) is 12.8. The van der Waals surface area contributed by atoms with Crippen LogP contribution in [0.2, 0.25) is 0 Å². The molecule has 0 unspecified atom stereocenters. The average Bonchev–Trinajstić information content (AvgIpc) is 2.73. The van der Waals surface area contributed by atoms with Crippen LogP contribution in [0.3, 0.4) is 0 Å². The van der Waals surface area contributed by atoms with Gasteiger partial charge in [-0.05, 0) is 0 Å². The molecule has 0 aromatic carbocycles. The summed E-state index contributed by atoms with van der Waals surface area (Å²) in [5, 5.41) is 8.61. The number of amides is 1. The number of hydrogen-bond acceptors (Lipinski definition) is 5. The number of carboxylic acid groups (broad SMARTS) is 1. The molecular formula is C10H12N4O3. The molecule has 0 atom stereocenters. The second-order valence-electron chi connectivity index (χ2n) is 3.48. The lowest BCUT2D eigenvalue weighted by Crippen LogP contribution is -2.11. The van der Waals surface area contributed by atoms with Crippen LogP contribution < -0.4 is 0 Å². The number of nitrogens with zero attached hydrogens (tertiary/aromatic N) is 4. The van der Waals surface area contributed by atoms with Crippen LogP contribution in [-0.4, -0.2) is 52.2 Å². The Hall–Kier alpha value is -2.31. The molecule has 7 nitrogen and oxygen atoms in total. The summed E-state index contributed by atoms with van der Waals surface area (Å²) >= 11 is 0. The Morgan fingerprint density at radius 3 is 2.65 bits per heavy atom. The summed E-state index contributed by atoms with van der Waals surface area (Å²) in [6.45, 7) is 0. The lowest BCUT2D eigenvalue weighted by molar-refractivity contribution is -0.129. The predicted octanol–water partition coefficient (Wildman–Crippen LogP) is -0.106. The van der Waals surface area contributed by atoms with Crippen molar-refractivity contribution >= 4 is 23.9 Å². The van der Waals surface area contributed by atoms with Gasteiger partial charge in [0.2, 0.25) is 6.41 Å². The minimum Gasteiger partial charge on any atom is -0.477 e. The SMILES string of the molecule is CN(C)C=O.O=C(O)C1=Nc2ncncc2C1. The van der Waals surface area contributed by atoms with E-state index < -0.39 is 5.97 Å². The van der Waals surface area contributed by atoms with E-state index in [9.17, 15) is 9.59 Å². The van der Waals surface area contributed by atoms with Crippen molar-refractivity contribution in [3.63, 3.8) is 0 Å². The summed E-state index contributed by atoms with van der Waals surface area (Å²) < 4.78 is 0. The lowest BCUT2D eigenvalue weighted by atomic mass is 10.2. The first-order valence-corrected chi connectivity index (χ1v) is 4.76. The summed E-state index contributed by atoms with van der Waals surface area (Å²) in [7, 11) is 3.38. The number of aromatic nitrogens is 2. The van der Waals surface area contributed by atoms with Gasteiger partial charge in [-0.25, -0.2) is 19.8 Å². The molecule has 1 aliphatic rings. The molecule has 0 saturated heterocycles. The van der Waals surface area contributed by atoms with Crippen LogP contribution in [0.4, 0.5) is 5.82 Å². The first-order chi connectivity index (χ1) is 8.04. The fraction of sp³-hybridized carbons (Fsp3) is 0.300. The highest BCUT2D eigenvalue weighted by Crippen LogP contribution is 2.21. The van der Waals surface area contributed by atoms with E-state index in [0.29, 0.717) is 12.2 Å². The number of aliphatic carboxylic acids is 1. The van der Waals surface area contributed by atoms with Crippen molar-refractivity contribution in [2.24, 2.45) is 4.99 Å². The number of rotatable bonds is 2. The van der Waals surface area contributed by atoms with Crippen LogP contribution in [-0.2, 0) is 16.0 Å². The number of carboxylic acids is 1. The van der Waals surface area contributed by atoms with E-state index in [-0.39, 0.29) is 5.71 Å². The zero-order valence-corrected chi connectivity index (χ0v) is 9.49. The van der Waals surface area contributed by atoms with Gasteiger partial charge in [0.05, 0.1) is 0 Å². The van der Waals surface area contributed by atoms with Crippen LogP contribution in [0, 0.1) is 0 Å². The van der Waals surface area contributed by atoms with Gasteiger partial charge in [0.15, 0.2) is 5.82 Å². The third-order valence-corrected chi connectivity index (χ3v) is 1.82. The maximum Gasteiger partial charge on any atom is 0.350 e. The highest BCUT2D eigenvalue weighted by Gasteiger charge is 2.20. The summed E-state index contributed by atoms with van der Waals surface area (Å²) in [4.78, 5) is 32.8. The summed E-state index contributed by atoms with van der Waals surface area (Å²) in [6, 6.07) is 0. The maximum atomic E-state index is 10.5. The molecule has 2 heterocycles. The molecular weight excluding hydrogens is 224 g/mol. The van der Waals surface area contributed by atoms with Crippen LogP contribution in [0.5, 0.6) is 0 Å². The van der Waals surface area contributed by atoms with E-state index in [0.717, 1.165) is 12.0 Å². The third-order valence-electron chi connectivity index (χ3n) is 1.82. The molecule has 0 spiro atoms. The maximum absolute atomic E-state index is 10.5. The Morgan fingerprint density at radius 1 is 1.53 bits per heavy atom. The number of carbonyl (C=O) groups is 2. The van der Waals surface area contributed by atoms with Gasteiger partial charge in [-0.15, -0.1) is 0 Å². The fourth-order valence-corrected chi connectivity index (χ4v) is 1.05. The molecule has 0 fully saturated rings. The predicted molar refractivity (Wildman–Crippen MR) is 60.2 cm³/mol. The quantitative estimate of drug-likeness (QED) is 0.723. The van der Waals surface area contributed by atoms with Gasteiger partial charge >= 0.3 is 5.97 Å². The van der Waals surface area contributed by atoms with Gasteiger partial charge in [-0.1, -0.05) is 0 Å². The average molecular weight is 236 g/mol. The zero-order chi connectivity index (χ0) is 12.8. The van der Waals surface area contributed by atoms with Crippen molar-refractivity contribution in [2.75, 3.05) is 14.1 Å². The molecule has 2 rings (SSSR count). The van der Waals surface area contributed by atoms with E-state index in [1.165, 1.54) is 11.2 Å². The summed E-state index contributed by atoms with van der Waals surface area (Å²) in [6.07, 6.45) is 4.01. The van der Waals surface area contributed by atoms with Crippen molar-refractivity contribution in [1.82, 2.24) is 14.9 Å². The van der Waals surface area contributed by atoms with Gasteiger partial charge in [0, 0.05) is 32.3 Å². The minimum absolute atomic E-state index is 0.130. The van der Waals surface area contributed by atoms with E-state index in [1.807, 2.05) is 0 Å². The molecule has 1 amide bonds. The fourth-order valence-electron chi connectivity index (χ4n) is 1.05. The van der Waals surface area contributed by atoms with E-state index in [4.69, 9.17) is 5.11 Å². The molecule has 1 N–H and O–H groups in total.